The fourth-order valence-electron chi connectivity index (χ4n) is 4.68. The van der Waals surface area contributed by atoms with Gasteiger partial charge in [-0.3, -0.25) is 14.3 Å². The molecule has 2 aromatic rings. The third kappa shape index (κ3) is 3.24. The van der Waals surface area contributed by atoms with Crippen LogP contribution in [0.1, 0.15) is 29.7 Å². The number of carbonyl (C=O) groups is 2. The zero-order chi connectivity index (χ0) is 19.1. The van der Waals surface area contributed by atoms with Crippen molar-refractivity contribution in [1.82, 2.24) is 19.6 Å². The fourth-order valence-corrected chi connectivity index (χ4v) is 4.68. The van der Waals surface area contributed by atoms with Crippen LogP contribution in [-0.4, -0.2) is 51.0 Å². The molecule has 0 radical (unpaired) electrons. The predicted molar refractivity (Wildman–Crippen MR) is 102 cm³/mol. The van der Waals surface area contributed by atoms with Crippen LogP contribution in [0.25, 0.3) is 0 Å². The maximum absolute atomic E-state index is 12.8. The van der Waals surface area contributed by atoms with E-state index in [1.807, 2.05) is 35.1 Å². The molecule has 1 aromatic carbocycles. The van der Waals surface area contributed by atoms with Crippen molar-refractivity contribution in [3.05, 3.63) is 53.3 Å². The highest BCUT2D eigenvalue weighted by Crippen LogP contribution is 2.45. The van der Waals surface area contributed by atoms with Crippen molar-refractivity contribution in [3.63, 3.8) is 0 Å². The lowest BCUT2D eigenvalue weighted by Crippen LogP contribution is -2.38. The predicted octanol–water partition coefficient (Wildman–Crippen LogP) is 2.18. The molecule has 0 N–H and O–H groups in total. The minimum Gasteiger partial charge on any atom is -0.340 e. The van der Waals surface area contributed by atoms with Crippen molar-refractivity contribution in [2.24, 2.45) is 11.8 Å². The molecule has 2 fully saturated rings. The zero-order valence-electron chi connectivity index (χ0n) is 16.1. The van der Waals surface area contributed by atoms with Crippen LogP contribution in [0.3, 0.4) is 0 Å². The summed E-state index contributed by atoms with van der Waals surface area (Å²) >= 11 is 0. The second kappa shape index (κ2) is 6.83. The Morgan fingerprint density at radius 3 is 2.59 bits per heavy atom. The molecule has 2 amide bonds. The second-order valence-electron chi connectivity index (χ2n) is 7.91. The summed E-state index contributed by atoms with van der Waals surface area (Å²) in [5.41, 5.74) is 3.46. The van der Waals surface area contributed by atoms with Crippen LogP contribution in [0, 0.1) is 25.7 Å². The van der Waals surface area contributed by atoms with Crippen LogP contribution in [0.4, 0.5) is 0 Å². The van der Waals surface area contributed by atoms with Gasteiger partial charge in [-0.15, -0.1) is 0 Å². The Balaban J connectivity index is 1.54. The van der Waals surface area contributed by atoms with Crippen LogP contribution < -0.4 is 0 Å². The number of fused-ring (bicyclic) bond motifs is 1. The molecule has 2 saturated heterocycles. The normalized spacial score (nSPS) is 24.3. The number of carbonyl (C=O) groups excluding carboxylic acids is 2. The Morgan fingerprint density at radius 2 is 1.93 bits per heavy atom. The van der Waals surface area contributed by atoms with Gasteiger partial charge in [-0.2, -0.15) is 5.10 Å². The molecule has 0 bridgehead atoms. The molecule has 6 nitrogen and oxygen atoms in total. The first-order valence-electron chi connectivity index (χ1n) is 9.53. The first-order valence-corrected chi connectivity index (χ1v) is 9.53. The molecule has 1 aromatic heterocycles. The number of aromatic nitrogens is 2. The van der Waals surface area contributed by atoms with E-state index in [1.54, 1.807) is 17.8 Å². The Morgan fingerprint density at radius 1 is 1.15 bits per heavy atom. The summed E-state index contributed by atoms with van der Waals surface area (Å²) in [4.78, 5) is 29.0. The van der Waals surface area contributed by atoms with Crippen LogP contribution >= 0.6 is 0 Å². The Kier molecular flexibility index (Phi) is 4.50. The maximum Gasteiger partial charge on any atom is 0.244 e. The number of hydrogen-bond acceptors (Lipinski definition) is 3. The summed E-state index contributed by atoms with van der Waals surface area (Å²) in [6, 6.07) is 8.33. The Hall–Kier alpha value is -2.63. The van der Waals surface area contributed by atoms with E-state index >= 15 is 0 Å². The average molecular weight is 366 g/mol. The lowest BCUT2D eigenvalue weighted by Gasteiger charge is -2.30. The molecule has 6 heteroatoms. The van der Waals surface area contributed by atoms with E-state index in [1.165, 1.54) is 11.1 Å². The van der Waals surface area contributed by atoms with Crippen LogP contribution in [-0.2, 0) is 16.1 Å². The van der Waals surface area contributed by atoms with Gasteiger partial charge in [0.05, 0.1) is 12.2 Å². The van der Waals surface area contributed by atoms with Crippen molar-refractivity contribution < 1.29 is 9.59 Å². The van der Waals surface area contributed by atoms with E-state index in [2.05, 4.69) is 24.2 Å². The summed E-state index contributed by atoms with van der Waals surface area (Å²) in [7, 11) is 0. The van der Waals surface area contributed by atoms with Crippen LogP contribution in [0.5, 0.6) is 0 Å². The van der Waals surface area contributed by atoms with E-state index in [0.29, 0.717) is 18.4 Å². The Labute approximate surface area is 159 Å². The average Bonchev–Trinajstić information content (AvgIpc) is 3.29. The summed E-state index contributed by atoms with van der Waals surface area (Å²) in [6.45, 7) is 8.14. The third-order valence-corrected chi connectivity index (χ3v) is 5.99. The van der Waals surface area contributed by atoms with Crippen molar-refractivity contribution in [2.45, 2.75) is 33.4 Å². The first-order chi connectivity index (χ1) is 12.9. The molecule has 0 spiro atoms. The van der Waals surface area contributed by atoms with Gasteiger partial charge in [-0.25, -0.2) is 0 Å². The molecular formula is C21H26N4O2. The highest BCUT2D eigenvalue weighted by atomic mass is 16.2. The molecule has 27 heavy (non-hydrogen) atoms. The third-order valence-electron chi connectivity index (χ3n) is 5.99. The number of amides is 2. The standard InChI is InChI=1S/C21H26N4O2/c1-14-8-22-24(9-14)13-20(27)23-10-17-11-25(16(3)26)21(19(17)12-23)18-7-5-4-6-15(18)2/h4-9,17,19,21H,10-13H2,1-3H3/t17-,19-,21+/m1/s1. The van der Waals surface area contributed by atoms with Crippen molar-refractivity contribution in [2.75, 3.05) is 19.6 Å². The van der Waals surface area contributed by atoms with Crippen molar-refractivity contribution >= 4 is 11.8 Å². The molecule has 0 saturated carbocycles. The minimum absolute atomic E-state index is 0.0541. The summed E-state index contributed by atoms with van der Waals surface area (Å²) in [6.07, 6.45) is 3.66. The molecular weight excluding hydrogens is 340 g/mol. The van der Waals surface area contributed by atoms with Gasteiger partial charge in [0.25, 0.3) is 0 Å². The quantitative estimate of drug-likeness (QED) is 0.837. The minimum atomic E-state index is 0.0541. The topological polar surface area (TPSA) is 58.4 Å². The molecule has 2 aliphatic rings. The van der Waals surface area contributed by atoms with Gasteiger partial charge >= 0.3 is 0 Å². The zero-order valence-corrected chi connectivity index (χ0v) is 16.1. The number of likely N-dealkylation sites (tertiary alicyclic amines) is 2. The highest BCUT2D eigenvalue weighted by molar-refractivity contribution is 5.77. The number of aryl methyl sites for hydroxylation is 2. The van der Waals surface area contributed by atoms with Gasteiger partial charge in [0.15, 0.2) is 0 Å². The van der Waals surface area contributed by atoms with Gasteiger partial charge in [0, 0.05) is 44.6 Å². The van der Waals surface area contributed by atoms with Crippen LogP contribution in [0.2, 0.25) is 0 Å². The van der Waals surface area contributed by atoms with E-state index in [9.17, 15) is 9.59 Å². The molecule has 3 heterocycles. The lowest BCUT2D eigenvalue weighted by molar-refractivity contribution is -0.132. The Bertz CT molecular complexity index is 875. The molecule has 142 valence electrons. The van der Waals surface area contributed by atoms with Gasteiger partial charge in [0.1, 0.15) is 6.54 Å². The van der Waals surface area contributed by atoms with Gasteiger partial charge < -0.3 is 9.80 Å². The largest absolute Gasteiger partial charge is 0.340 e. The first kappa shape index (κ1) is 17.8. The summed E-state index contributed by atoms with van der Waals surface area (Å²) in [5, 5.41) is 4.23. The molecule has 3 atom stereocenters. The number of hydrogen-bond donors (Lipinski definition) is 0. The van der Waals surface area contributed by atoms with Gasteiger partial charge in [-0.1, -0.05) is 24.3 Å². The van der Waals surface area contributed by atoms with Crippen LogP contribution in [0.15, 0.2) is 36.7 Å². The SMILES string of the molecule is CC(=O)N1C[C@H]2CN(C(=O)Cn3cc(C)cn3)C[C@H]2[C@@H]1c1ccccc1C. The lowest BCUT2D eigenvalue weighted by atomic mass is 9.87. The number of benzene rings is 1. The molecule has 0 unspecified atom stereocenters. The maximum atomic E-state index is 12.8. The summed E-state index contributed by atoms with van der Waals surface area (Å²) in [5.74, 6) is 0.841. The van der Waals surface area contributed by atoms with E-state index in [0.717, 1.165) is 18.7 Å². The molecule has 4 rings (SSSR count). The van der Waals surface area contributed by atoms with E-state index in [4.69, 9.17) is 0 Å². The fraction of sp³-hybridized carbons (Fsp3) is 0.476. The molecule has 0 aliphatic carbocycles. The molecule has 2 aliphatic heterocycles. The summed E-state index contributed by atoms with van der Waals surface area (Å²) < 4.78 is 1.70. The van der Waals surface area contributed by atoms with Gasteiger partial charge in [0.2, 0.25) is 11.8 Å². The second-order valence-corrected chi connectivity index (χ2v) is 7.91. The van der Waals surface area contributed by atoms with E-state index in [-0.39, 0.29) is 24.4 Å². The van der Waals surface area contributed by atoms with Crippen molar-refractivity contribution in [1.29, 1.82) is 0 Å². The highest BCUT2D eigenvalue weighted by Gasteiger charge is 2.49. The number of nitrogens with zero attached hydrogens (tertiary/aromatic N) is 4. The monoisotopic (exact) mass is 366 g/mol. The smallest absolute Gasteiger partial charge is 0.244 e. The van der Waals surface area contributed by atoms with E-state index < -0.39 is 0 Å². The van der Waals surface area contributed by atoms with Gasteiger partial charge in [-0.05, 0) is 30.5 Å². The van der Waals surface area contributed by atoms with Crippen molar-refractivity contribution in [3.8, 4) is 0 Å². The number of rotatable bonds is 3.